The molecule has 0 aliphatic carbocycles. The Morgan fingerprint density at radius 2 is 1.83 bits per heavy atom. The predicted molar refractivity (Wildman–Crippen MR) is 114 cm³/mol. The summed E-state index contributed by atoms with van der Waals surface area (Å²) in [5.41, 5.74) is 4.72. The molecule has 1 amide bonds. The number of carbonyl (C=O) groups excluding carboxylic acids is 2. The Hall–Kier alpha value is -3.12. The Morgan fingerprint density at radius 3 is 2.57 bits per heavy atom. The maximum atomic E-state index is 12.6. The number of hydrogen-bond donors (Lipinski definition) is 0. The van der Waals surface area contributed by atoms with Gasteiger partial charge in [-0.1, -0.05) is 42.5 Å². The normalized spacial score (nSPS) is 10.9. The molecule has 0 fully saturated rings. The van der Waals surface area contributed by atoms with Gasteiger partial charge < -0.3 is 18.8 Å². The molecule has 0 aliphatic heterocycles. The highest BCUT2D eigenvalue weighted by Crippen LogP contribution is 2.26. The summed E-state index contributed by atoms with van der Waals surface area (Å²) in [6, 6.07) is 13.6. The first kappa shape index (κ1) is 21.6. The number of aryl methyl sites for hydroxylation is 2. The van der Waals surface area contributed by atoms with Crippen molar-refractivity contribution < 1.29 is 23.5 Å². The van der Waals surface area contributed by atoms with Crippen LogP contribution in [0.2, 0.25) is 0 Å². The van der Waals surface area contributed by atoms with Gasteiger partial charge in [0.2, 0.25) is 0 Å². The number of methoxy groups -OCH3 is 1. The molecule has 30 heavy (non-hydrogen) atoms. The van der Waals surface area contributed by atoms with E-state index in [1.807, 2.05) is 56.3 Å². The molecule has 0 aliphatic rings. The van der Waals surface area contributed by atoms with Crippen LogP contribution in [0.4, 0.5) is 0 Å². The lowest BCUT2D eigenvalue weighted by Gasteiger charge is -2.22. The van der Waals surface area contributed by atoms with E-state index < -0.39 is 5.97 Å². The monoisotopic (exact) mass is 409 g/mol. The molecule has 6 nitrogen and oxygen atoms in total. The summed E-state index contributed by atoms with van der Waals surface area (Å²) in [6.07, 6.45) is 1.64. The Kier molecular flexibility index (Phi) is 7.25. The molecular formula is C24H27NO5. The predicted octanol–water partition coefficient (Wildman–Crippen LogP) is 3.81. The quantitative estimate of drug-likeness (QED) is 0.503. The average Bonchev–Trinajstić information content (AvgIpc) is 3.16. The molecular weight excluding hydrogens is 382 g/mol. The van der Waals surface area contributed by atoms with Crippen molar-refractivity contribution in [1.82, 2.24) is 4.90 Å². The standard InChI is InChI=1S/C24H27NO5/c1-17-9-10-21-20(15-30-24(21)18(17)2)13-23(27)29-16-22(26)25(11-12-28-3)14-19-7-5-4-6-8-19/h4-10,15H,11-14,16H2,1-3H3. The van der Waals surface area contributed by atoms with Crippen LogP contribution < -0.4 is 0 Å². The van der Waals surface area contributed by atoms with Gasteiger partial charge in [0.15, 0.2) is 6.61 Å². The summed E-state index contributed by atoms with van der Waals surface area (Å²) in [7, 11) is 1.59. The van der Waals surface area contributed by atoms with E-state index in [-0.39, 0.29) is 18.9 Å². The lowest BCUT2D eigenvalue weighted by molar-refractivity contribution is -0.152. The number of furan rings is 1. The van der Waals surface area contributed by atoms with E-state index in [2.05, 4.69) is 0 Å². The maximum Gasteiger partial charge on any atom is 0.310 e. The van der Waals surface area contributed by atoms with Crippen molar-refractivity contribution >= 4 is 22.8 Å². The summed E-state index contributed by atoms with van der Waals surface area (Å²) >= 11 is 0. The zero-order valence-electron chi connectivity index (χ0n) is 17.6. The van der Waals surface area contributed by atoms with Crippen molar-refractivity contribution in [2.45, 2.75) is 26.8 Å². The number of carbonyl (C=O) groups is 2. The van der Waals surface area contributed by atoms with Crippen LogP contribution in [0.1, 0.15) is 22.3 Å². The molecule has 3 aromatic rings. The van der Waals surface area contributed by atoms with Crippen LogP contribution in [0.25, 0.3) is 11.0 Å². The van der Waals surface area contributed by atoms with Crippen molar-refractivity contribution in [2.24, 2.45) is 0 Å². The van der Waals surface area contributed by atoms with Crippen LogP contribution in [0.5, 0.6) is 0 Å². The van der Waals surface area contributed by atoms with Gasteiger partial charge in [0.1, 0.15) is 5.58 Å². The summed E-state index contributed by atoms with van der Waals surface area (Å²) in [4.78, 5) is 26.6. The SMILES string of the molecule is COCCN(Cc1ccccc1)C(=O)COC(=O)Cc1coc2c(C)c(C)ccc12. The van der Waals surface area contributed by atoms with Gasteiger partial charge >= 0.3 is 5.97 Å². The molecule has 0 saturated heterocycles. The van der Waals surface area contributed by atoms with Gasteiger partial charge in [-0.05, 0) is 30.5 Å². The van der Waals surface area contributed by atoms with Crippen LogP contribution in [-0.2, 0) is 32.0 Å². The van der Waals surface area contributed by atoms with E-state index in [1.165, 1.54) is 0 Å². The summed E-state index contributed by atoms with van der Waals surface area (Å²) < 4.78 is 16.0. The second-order valence-electron chi connectivity index (χ2n) is 7.28. The third-order valence-corrected chi connectivity index (χ3v) is 5.17. The molecule has 2 aromatic carbocycles. The number of esters is 1. The van der Waals surface area contributed by atoms with E-state index in [4.69, 9.17) is 13.9 Å². The first-order valence-electron chi connectivity index (χ1n) is 9.92. The fraction of sp³-hybridized carbons (Fsp3) is 0.333. The number of hydrogen-bond acceptors (Lipinski definition) is 5. The van der Waals surface area contributed by atoms with Crippen molar-refractivity contribution in [2.75, 3.05) is 26.9 Å². The molecule has 0 bridgehead atoms. The zero-order valence-corrected chi connectivity index (χ0v) is 17.6. The largest absolute Gasteiger partial charge is 0.464 e. The first-order valence-corrected chi connectivity index (χ1v) is 9.92. The fourth-order valence-corrected chi connectivity index (χ4v) is 3.26. The van der Waals surface area contributed by atoms with Gasteiger partial charge in [0.05, 0.1) is 19.3 Å². The minimum atomic E-state index is -0.462. The van der Waals surface area contributed by atoms with Crippen molar-refractivity contribution in [3.63, 3.8) is 0 Å². The summed E-state index contributed by atoms with van der Waals surface area (Å²) in [5.74, 6) is -0.719. The molecule has 1 heterocycles. The minimum absolute atomic E-state index is 0.0551. The van der Waals surface area contributed by atoms with Crippen LogP contribution >= 0.6 is 0 Å². The molecule has 3 rings (SSSR count). The van der Waals surface area contributed by atoms with Gasteiger partial charge in [0.25, 0.3) is 5.91 Å². The van der Waals surface area contributed by atoms with E-state index >= 15 is 0 Å². The highest BCUT2D eigenvalue weighted by Gasteiger charge is 2.18. The second kappa shape index (κ2) is 10.1. The Bertz CT molecular complexity index is 1010. The second-order valence-corrected chi connectivity index (χ2v) is 7.28. The van der Waals surface area contributed by atoms with Crippen molar-refractivity contribution in [3.8, 4) is 0 Å². The van der Waals surface area contributed by atoms with Crippen LogP contribution in [0.3, 0.4) is 0 Å². The molecule has 158 valence electrons. The molecule has 0 radical (unpaired) electrons. The summed E-state index contributed by atoms with van der Waals surface area (Å²) in [6.45, 7) is 4.97. The molecule has 0 unspecified atom stereocenters. The van der Waals surface area contributed by atoms with Gasteiger partial charge in [-0.2, -0.15) is 0 Å². The van der Waals surface area contributed by atoms with Crippen LogP contribution in [-0.4, -0.2) is 43.6 Å². The van der Waals surface area contributed by atoms with Gasteiger partial charge in [0, 0.05) is 31.1 Å². The maximum absolute atomic E-state index is 12.6. The van der Waals surface area contributed by atoms with Gasteiger partial charge in [-0.15, -0.1) is 0 Å². The van der Waals surface area contributed by atoms with Crippen LogP contribution in [0.15, 0.2) is 53.1 Å². The smallest absolute Gasteiger partial charge is 0.310 e. The van der Waals surface area contributed by atoms with E-state index in [9.17, 15) is 9.59 Å². The minimum Gasteiger partial charge on any atom is -0.464 e. The topological polar surface area (TPSA) is 69.0 Å². The molecule has 0 saturated carbocycles. The highest BCUT2D eigenvalue weighted by molar-refractivity contribution is 5.89. The van der Waals surface area contributed by atoms with E-state index in [0.717, 1.165) is 33.2 Å². The van der Waals surface area contributed by atoms with Crippen molar-refractivity contribution in [1.29, 1.82) is 0 Å². The third-order valence-electron chi connectivity index (χ3n) is 5.17. The van der Waals surface area contributed by atoms with E-state index in [1.54, 1.807) is 18.3 Å². The first-order chi connectivity index (χ1) is 14.5. The number of ether oxygens (including phenoxy) is 2. The van der Waals surface area contributed by atoms with Crippen LogP contribution in [0, 0.1) is 13.8 Å². The Morgan fingerprint density at radius 1 is 1.07 bits per heavy atom. The number of benzene rings is 2. The number of rotatable bonds is 9. The van der Waals surface area contributed by atoms with Gasteiger partial charge in [-0.25, -0.2) is 0 Å². The Labute approximate surface area is 176 Å². The molecule has 0 N–H and O–H groups in total. The lowest BCUT2D eigenvalue weighted by atomic mass is 10.0. The number of amides is 1. The molecule has 6 heteroatoms. The third kappa shape index (κ3) is 5.27. The van der Waals surface area contributed by atoms with Crippen molar-refractivity contribution in [3.05, 3.63) is 71.0 Å². The highest BCUT2D eigenvalue weighted by atomic mass is 16.5. The molecule has 0 spiro atoms. The molecule has 0 atom stereocenters. The Balaban J connectivity index is 1.59. The average molecular weight is 409 g/mol. The number of fused-ring (bicyclic) bond motifs is 1. The lowest BCUT2D eigenvalue weighted by Crippen LogP contribution is -2.36. The molecule has 1 aromatic heterocycles. The van der Waals surface area contributed by atoms with Gasteiger partial charge in [-0.3, -0.25) is 9.59 Å². The fourth-order valence-electron chi connectivity index (χ4n) is 3.26. The number of nitrogens with zero attached hydrogens (tertiary/aromatic N) is 1. The zero-order chi connectivity index (χ0) is 21.5. The van der Waals surface area contributed by atoms with E-state index in [0.29, 0.717) is 19.7 Å². The summed E-state index contributed by atoms with van der Waals surface area (Å²) in [5, 5.41) is 0.896.